The summed E-state index contributed by atoms with van der Waals surface area (Å²) in [4.78, 5) is 15.5. The second-order valence-corrected chi connectivity index (χ2v) is 6.12. The van der Waals surface area contributed by atoms with Crippen LogP contribution in [0.5, 0.6) is 0 Å². The second-order valence-electron chi connectivity index (χ2n) is 5.72. The van der Waals surface area contributed by atoms with E-state index in [1.165, 1.54) is 17.8 Å². The number of aromatic nitrogens is 1. The minimum atomic E-state index is -0.551. The van der Waals surface area contributed by atoms with Gasteiger partial charge in [-0.2, -0.15) is 0 Å². The number of rotatable bonds is 6. The van der Waals surface area contributed by atoms with Gasteiger partial charge in [-0.25, -0.2) is 4.98 Å². The fourth-order valence-electron chi connectivity index (χ4n) is 2.63. The van der Waals surface area contributed by atoms with Crippen LogP contribution in [0.4, 0.5) is 5.82 Å². The molecule has 1 aromatic heterocycles. The molecule has 0 aliphatic rings. The normalized spacial score (nSPS) is 11.7. The van der Waals surface area contributed by atoms with Crippen molar-refractivity contribution in [2.24, 2.45) is 5.73 Å². The predicted molar refractivity (Wildman–Crippen MR) is 101 cm³/mol. The van der Waals surface area contributed by atoms with E-state index in [4.69, 9.17) is 17.3 Å². The zero-order chi connectivity index (χ0) is 17.6. The van der Waals surface area contributed by atoms with E-state index < -0.39 is 5.91 Å². The number of nitrogens with zero attached hydrogens (tertiary/aromatic N) is 1. The van der Waals surface area contributed by atoms with E-state index in [1.807, 2.05) is 36.4 Å². The largest absolute Gasteiger partial charge is 0.366 e. The topological polar surface area (TPSA) is 68.0 Å². The first-order valence-corrected chi connectivity index (χ1v) is 8.32. The van der Waals surface area contributed by atoms with Crippen LogP contribution in [0.1, 0.15) is 27.5 Å². The Balaban J connectivity index is 1.89. The summed E-state index contributed by atoms with van der Waals surface area (Å²) >= 11 is 6.28. The lowest BCUT2D eigenvalue weighted by Crippen LogP contribution is -2.16. The van der Waals surface area contributed by atoms with Gasteiger partial charge in [0.25, 0.3) is 0 Å². The molecule has 3 N–H and O–H groups in total. The van der Waals surface area contributed by atoms with Gasteiger partial charge in [0.05, 0.1) is 16.6 Å². The summed E-state index contributed by atoms with van der Waals surface area (Å²) in [6.45, 7) is 0. The number of primary amides is 1. The first-order valence-electron chi connectivity index (χ1n) is 7.94. The number of hydrogen-bond donors (Lipinski definition) is 2. The van der Waals surface area contributed by atoms with Crippen molar-refractivity contribution in [3.05, 3.63) is 94.6 Å². The van der Waals surface area contributed by atoms with Gasteiger partial charge in [-0.1, -0.05) is 72.3 Å². The first kappa shape index (κ1) is 17.0. The number of benzene rings is 2. The summed E-state index contributed by atoms with van der Waals surface area (Å²) in [6.07, 6.45) is 2.21. The summed E-state index contributed by atoms with van der Waals surface area (Å²) in [5.41, 5.74) is 7.89. The lowest BCUT2D eigenvalue weighted by atomic mass is 9.99. The van der Waals surface area contributed by atoms with E-state index in [9.17, 15) is 4.79 Å². The van der Waals surface area contributed by atoms with E-state index in [1.54, 1.807) is 0 Å². The first-order chi connectivity index (χ1) is 12.1. The van der Waals surface area contributed by atoms with Crippen molar-refractivity contribution in [1.29, 1.82) is 0 Å². The molecule has 1 unspecified atom stereocenters. The maximum atomic E-state index is 11.3. The standard InChI is InChI=1S/C20H18ClN3O/c21-17-12-16(19(22)25)13-23-20(17)24-18(15-9-5-2-6-10-15)11-14-7-3-1-4-8-14/h1-10,12-13,18H,11H2,(H2,22,25)(H,23,24). The number of pyridine rings is 1. The molecule has 25 heavy (non-hydrogen) atoms. The van der Waals surface area contributed by atoms with Crippen molar-refractivity contribution in [1.82, 2.24) is 4.98 Å². The highest BCUT2D eigenvalue weighted by Crippen LogP contribution is 2.27. The van der Waals surface area contributed by atoms with Gasteiger partial charge >= 0.3 is 0 Å². The van der Waals surface area contributed by atoms with Crippen molar-refractivity contribution in [2.75, 3.05) is 5.32 Å². The molecule has 0 aliphatic carbocycles. The molecule has 4 nitrogen and oxygen atoms in total. The van der Waals surface area contributed by atoms with Crippen LogP contribution in [0.2, 0.25) is 5.02 Å². The number of nitrogens with one attached hydrogen (secondary N) is 1. The highest BCUT2D eigenvalue weighted by molar-refractivity contribution is 6.33. The van der Waals surface area contributed by atoms with Crippen LogP contribution in [-0.4, -0.2) is 10.9 Å². The molecule has 0 aliphatic heterocycles. The third-order valence-corrected chi connectivity index (χ3v) is 4.21. The summed E-state index contributed by atoms with van der Waals surface area (Å²) < 4.78 is 0. The highest BCUT2D eigenvalue weighted by Gasteiger charge is 2.15. The molecule has 0 fully saturated rings. The van der Waals surface area contributed by atoms with Crippen LogP contribution >= 0.6 is 11.6 Å². The maximum Gasteiger partial charge on any atom is 0.250 e. The van der Waals surface area contributed by atoms with Crippen molar-refractivity contribution < 1.29 is 4.79 Å². The quantitative estimate of drug-likeness (QED) is 0.698. The molecule has 1 atom stereocenters. The molecule has 0 saturated heterocycles. The van der Waals surface area contributed by atoms with Gasteiger partial charge in [0, 0.05) is 6.20 Å². The molecule has 1 heterocycles. The van der Waals surface area contributed by atoms with E-state index >= 15 is 0 Å². The number of carbonyl (C=O) groups is 1. The van der Waals surface area contributed by atoms with Gasteiger partial charge in [0.15, 0.2) is 0 Å². The second kappa shape index (κ2) is 7.81. The van der Waals surface area contributed by atoms with E-state index in [0.717, 1.165) is 12.0 Å². The Labute approximate surface area is 151 Å². The molecule has 126 valence electrons. The Kier molecular flexibility index (Phi) is 5.31. The molecule has 0 bridgehead atoms. The van der Waals surface area contributed by atoms with Crippen LogP contribution in [-0.2, 0) is 6.42 Å². The molecule has 0 radical (unpaired) electrons. The van der Waals surface area contributed by atoms with E-state index in [2.05, 4.69) is 34.6 Å². The Bertz CT molecular complexity index is 853. The monoisotopic (exact) mass is 351 g/mol. The number of nitrogens with two attached hydrogens (primary N) is 1. The SMILES string of the molecule is NC(=O)c1cnc(NC(Cc2ccccc2)c2ccccc2)c(Cl)c1. The number of carbonyl (C=O) groups excluding carboxylic acids is 1. The summed E-state index contributed by atoms with van der Waals surface area (Å²) in [7, 11) is 0. The molecular formula is C20H18ClN3O. The van der Waals surface area contributed by atoms with Crippen molar-refractivity contribution in [2.45, 2.75) is 12.5 Å². The molecule has 1 amide bonds. The molecule has 3 rings (SSSR count). The zero-order valence-electron chi connectivity index (χ0n) is 13.5. The number of amides is 1. The van der Waals surface area contributed by atoms with Gasteiger partial charge < -0.3 is 11.1 Å². The Hall–Kier alpha value is -2.85. The van der Waals surface area contributed by atoms with E-state index in [0.29, 0.717) is 10.8 Å². The van der Waals surface area contributed by atoms with Crippen molar-refractivity contribution in [3.8, 4) is 0 Å². The fraction of sp³-hybridized carbons (Fsp3) is 0.100. The van der Waals surface area contributed by atoms with Crippen LogP contribution in [0.15, 0.2) is 72.9 Å². The minimum Gasteiger partial charge on any atom is -0.366 e. The predicted octanol–water partition coefficient (Wildman–Crippen LogP) is 4.23. The van der Waals surface area contributed by atoms with Crippen LogP contribution in [0, 0.1) is 0 Å². The highest BCUT2D eigenvalue weighted by atomic mass is 35.5. The smallest absolute Gasteiger partial charge is 0.250 e. The van der Waals surface area contributed by atoms with Crippen molar-refractivity contribution in [3.63, 3.8) is 0 Å². The van der Waals surface area contributed by atoms with Gasteiger partial charge in [0.1, 0.15) is 5.82 Å². The molecule has 3 aromatic rings. The van der Waals surface area contributed by atoms with Crippen LogP contribution < -0.4 is 11.1 Å². The summed E-state index contributed by atoms with van der Waals surface area (Å²) in [6, 6.07) is 21.8. The Morgan fingerprint density at radius 3 is 2.32 bits per heavy atom. The third kappa shape index (κ3) is 4.37. The molecule has 5 heteroatoms. The minimum absolute atomic E-state index is 0.00646. The number of halogens is 1. The fourth-order valence-corrected chi connectivity index (χ4v) is 2.85. The van der Waals surface area contributed by atoms with E-state index in [-0.39, 0.29) is 11.6 Å². The lowest BCUT2D eigenvalue weighted by molar-refractivity contribution is 0.1000. The molecule has 0 spiro atoms. The Morgan fingerprint density at radius 2 is 1.72 bits per heavy atom. The number of anilines is 1. The molecule has 2 aromatic carbocycles. The van der Waals surface area contributed by atoms with Gasteiger partial charge in [-0.3, -0.25) is 4.79 Å². The van der Waals surface area contributed by atoms with Gasteiger partial charge in [-0.05, 0) is 23.6 Å². The average Bonchev–Trinajstić information content (AvgIpc) is 2.64. The van der Waals surface area contributed by atoms with Gasteiger partial charge in [0.2, 0.25) is 5.91 Å². The Morgan fingerprint density at radius 1 is 1.08 bits per heavy atom. The average molecular weight is 352 g/mol. The molecule has 0 saturated carbocycles. The van der Waals surface area contributed by atoms with Crippen molar-refractivity contribution >= 4 is 23.3 Å². The molecular weight excluding hydrogens is 334 g/mol. The van der Waals surface area contributed by atoms with Gasteiger partial charge in [-0.15, -0.1) is 0 Å². The number of hydrogen-bond acceptors (Lipinski definition) is 3. The zero-order valence-corrected chi connectivity index (χ0v) is 14.3. The summed E-state index contributed by atoms with van der Waals surface area (Å²) in [5, 5.41) is 3.75. The van der Waals surface area contributed by atoms with Crippen LogP contribution in [0.25, 0.3) is 0 Å². The third-order valence-electron chi connectivity index (χ3n) is 3.92. The van der Waals surface area contributed by atoms with Crippen LogP contribution in [0.3, 0.4) is 0 Å². The summed E-state index contributed by atoms with van der Waals surface area (Å²) in [5.74, 6) is -0.0266. The lowest BCUT2D eigenvalue weighted by Gasteiger charge is -2.21. The maximum absolute atomic E-state index is 11.3.